The molecule has 1 heterocycles. The van der Waals surface area contributed by atoms with E-state index < -0.39 is 23.4 Å². The first-order chi connectivity index (χ1) is 13.2. The van der Waals surface area contributed by atoms with Gasteiger partial charge in [0, 0.05) is 7.05 Å². The van der Waals surface area contributed by atoms with Gasteiger partial charge in [-0.2, -0.15) is 5.10 Å². The highest BCUT2D eigenvalue weighted by molar-refractivity contribution is 5.96. The molecule has 1 atom stereocenters. The monoisotopic (exact) mass is 387 g/mol. The quantitative estimate of drug-likeness (QED) is 0.796. The van der Waals surface area contributed by atoms with Gasteiger partial charge >= 0.3 is 5.97 Å². The van der Waals surface area contributed by atoms with Gasteiger partial charge < -0.3 is 10.1 Å². The van der Waals surface area contributed by atoms with Crippen molar-refractivity contribution < 1.29 is 18.7 Å². The average Bonchev–Trinajstić information content (AvgIpc) is 3.24. The molecule has 0 bridgehead atoms. The molecule has 0 aliphatic heterocycles. The number of benzene rings is 1. The number of rotatable bonds is 5. The minimum Gasteiger partial charge on any atom is -0.452 e. The number of amides is 1. The molecule has 28 heavy (non-hydrogen) atoms. The Morgan fingerprint density at radius 3 is 2.36 bits per heavy atom. The van der Waals surface area contributed by atoms with E-state index in [1.165, 1.54) is 12.1 Å². The van der Waals surface area contributed by atoms with Crippen LogP contribution in [0.3, 0.4) is 0 Å². The number of nitrogens with one attached hydrogen (secondary N) is 1. The zero-order chi connectivity index (χ0) is 20.5. The number of ether oxygens (including phenoxy) is 1. The van der Waals surface area contributed by atoms with Crippen molar-refractivity contribution in [3.05, 3.63) is 47.0 Å². The van der Waals surface area contributed by atoms with Gasteiger partial charge in [0.2, 0.25) is 0 Å². The molecule has 0 saturated heterocycles. The third kappa shape index (κ3) is 3.66. The Morgan fingerprint density at radius 1 is 1.21 bits per heavy atom. The summed E-state index contributed by atoms with van der Waals surface area (Å²) in [5.74, 6) is -1.18. The van der Waals surface area contributed by atoms with E-state index >= 15 is 0 Å². The second-order valence-electron chi connectivity index (χ2n) is 7.50. The Balaban J connectivity index is 1.74. The first-order valence-corrected chi connectivity index (χ1v) is 9.53. The number of nitrogens with zero attached hydrogens (tertiary/aromatic N) is 2. The van der Waals surface area contributed by atoms with Crippen molar-refractivity contribution in [1.29, 1.82) is 0 Å². The zero-order valence-corrected chi connectivity index (χ0v) is 16.7. The molecule has 1 aliphatic carbocycles. The lowest BCUT2D eigenvalue weighted by atomic mass is 9.79. The Hall–Kier alpha value is -2.70. The molecule has 1 fully saturated rings. The Kier molecular flexibility index (Phi) is 5.54. The van der Waals surface area contributed by atoms with E-state index in [2.05, 4.69) is 10.4 Å². The molecule has 2 aromatic rings. The number of hydrogen-bond donors (Lipinski definition) is 1. The predicted octanol–water partition coefficient (Wildman–Crippen LogP) is 3.56. The van der Waals surface area contributed by atoms with Gasteiger partial charge in [0.15, 0.2) is 6.10 Å². The van der Waals surface area contributed by atoms with Crippen LogP contribution in [0, 0.1) is 19.7 Å². The number of carbonyl (C=O) groups excluding carboxylic acids is 2. The maximum atomic E-state index is 13.3. The SMILES string of the molecule is Cc1nn(C)c(C)c1NC(=O)[C@H](C)OC(=O)C1(c2ccc(F)cc2)CCCC1. The van der Waals surface area contributed by atoms with Crippen LogP contribution in [0.1, 0.15) is 49.6 Å². The minimum absolute atomic E-state index is 0.347. The Bertz CT molecular complexity index is 883. The number of carbonyl (C=O) groups is 2. The highest BCUT2D eigenvalue weighted by atomic mass is 19.1. The molecule has 1 aromatic carbocycles. The number of hydrogen-bond acceptors (Lipinski definition) is 4. The van der Waals surface area contributed by atoms with Crippen molar-refractivity contribution in [2.24, 2.45) is 7.05 Å². The Morgan fingerprint density at radius 2 is 1.82 bits per heavy atom. The summed E-state index contributed by atoms with van der Waals surface area (Å²) in [6.07, 6.45) is 2.09. The van der Waals surface area contributed by atoms with Crippen molar-refractivity contribution in [3.8, 4) is 0 Å². The lowest BCUT2D eigenvalue weighted by Gasteiger charge is -2.28. The van der Waals surface area contributed by atoms with Gasteiger partial charge in [0.25, 0.3) is 5.91 Å². The van der Waals surface area contributed by atoms with Gasteiger partial charge in [-0.1, -0.05) is 25.0 Å². The van der Waals surface area contributed by atoms with E-state index in [9.17, 15) is 14.0 Å². The van der Waals surface area contributed by atoms with Crippen molar-refractivity contribution in [1.82, 2.24) is 9.78 Å². The molecule has 7 heteroatoms. The first-order valence-electron chi connectivity index (χ1n) is 9.53. The van der Waals surface area contributed by atoms with Crippen LogP contribution in [0.5, 0.6) is 0 Å². The van der Waals surface area contributed by atoms with Crippen molar-refractivity contribution in [2.45, 2.75) is 58.0 Å². The van der Waals surface area contributed by atoms with Crippen LogP contribution >= 0.6 is 0 Å². The van der Waals surface area contributed by atoms with Crippen molar-refractivity contribution in [3.63, 3.8) is 0 Å². The van der Waals surface area contributed by atoms with Crippen LogP contribution in [-0.4, -0.2) is 27.8 Å². The maximum Gasteiger partial charge on any atom is 0.317 e. The maximum absolute atomic E-state index is 13.3. The summed E-state index contributed by atoms with van der Waals surface area (Å²) >= 11 is 0. The summed E-state index contributed by atoms with van der Waals surface area (Å²) in [5, 5.41) is 7.07. The van der Waals surface area contributed by atoms with E-state index in [0.717, 1.165) is 24.1 Å². The molecule has 3 rings (SSSR count). The van der Waals surface area contributed by atoms with E-state index in [4.69, 9.17) is 4.74 Å². The molecule has 150 valence electrons. The summed E-state index contributed by atoms with van der Waals surface area (Å²) in [4.78, 5) is 25.6. The largest absolute Gasteiger partial charge is 0.452 e. The molecule has 1 aromatic heterocycles. The lowest BCUT2D eigenvalue weighted by molar-refractivity contribution is -0.159. The van der Waals surface area contributed by atoms with Gasteiger partial charge in [-0.05, 0) is 51.3 Å². The summed E-state index contributed by atoms with van der Waals surface area (Å²) < 4.78 is 20.6. The summed E-state index contributed by atoms with van der Waals surface area (Å²) in [6, 6.07) is 5.98. The van der Waals surface area contributed by atoms with E-state index in [1.807, 2.05) is 6.92 Å². The van der Waals surface area contributed by atoms with Gasteiger partial charge in [-0.25, -0.2) is 4.39 Å². The second-order valence-corrected chi connectivity index (χ2v) is 7.50. The number of aryl methyl sites for hydroxylation is 2. The van der Waals surface area contributed by atoms with Gasteiger partial charge in [-0.15, -0.1) is 0 Å². The molecular weight excluding hydrogens is 361 g/mol. The van der Waals surface area contributed by atoms with Crippen molar-refractivity contribution in [2.75, 3.05) is 5.32 Å². The first kappa shape index (κ1) is 20.0. The molecule has 0 radical (unpaired) electrons. The van der Waals surface area contributed by atoms with Crippen LogP contribution in [0.15, 0.2) is 24.3 Å². The molecular formula is C21H26FN3O3. The number of halogens is 1. The number of esters is 1. The van der Waals surface area contributed by atoms with E-state index in [0.29, 0.717) is 24.2 Å². The molecule has 0 spiro atoms. The van der Waals surface area contributed by atoms with E-state index in [-0.39, 0.29) is 5.82 Å². The standard InChI is InChI=1S/C21H26FN3O3/c1-13-18(14(2)25(4)24-13)23-19(26)15(3)28-20(27)21(11-5-6-12-21)16-7-9-17(22)10-8-16/h7-10,15H,5-6,11-12H2,1-4H3,(H,23,26)/t15-/m0/s1. The minimum atomic E-state index is -0.954. The van der Waals surface area contributed by atoms with Crippen LogP contribution in [0.2, 0.25) is 0 Å². The van der Waals surface area contributed by atoms with Crippen LogP contribution in [0.4, 0.5) is 10.1 Å². The van der Waals surface area contributed by atoms with E-state index in [1.54, 1.807) is 37.7 Å². The second kappa shape index (κ2) is 7.73. The highest BCUT2D eigenvalue weighted by Crippen LogP contribution is 2.42. The fraction of sp³-hybridized carbons (Fsp3) is 0.476. The fourth-order valence-electron chi connectivity index (χ4n) is 3.86. The molecule has 6 nitrogen and oxygen atoms in total. The van der Waals surface area contributed by atoms with Gasteiger partial charge in [0.05, 0.1) is 22.5 Å². The Labute approximate surface area is 164 Å². The summed E-state index contributed by atoms with van der Waals surface area (Å²) in [5.41, 5.74) is 2.07. The average molecular weight is 387 g/mol. The van der Waals surface area contributed by atoms with Crippen molar-refractivity contribution >= 4 is 17.6 Å². The molecule has 1 N–H and O–H groups in total. The summed E-state index contributed by atoms with van der Waals surface area (Å²) in [7, 11) is 1.80. The molecule has 1 saturated carbocycles. The lowest BCUT2D eigenvalue weighted by Crippen LogP contribution is -2.40. The van der Waals surface area contributed by atoms with Gasteiger partial charge in [-0.3, -0.25) is 14.3 Å². The third-order valence-electron chi connectivity index (χ3n) is 5.65. The van der Waals surface area contributed by atoms with Crippen LogP contribution < -0.4 is 5.32 Å². The third-order valence-corrected chi connectivity index (χ3v) is 5.65. The predicted molar refractivity (Wildman–Crippen MR) is 103 cm³/mol. The highest BCUT2D eigenvalue weighted by Gasteiger charge is 2.45. The number of anilines is 1. The van der Waals surface area contributed by atoms with Gasteiger partial charge in [0.1, 0.15) is 5.82 Å². The summed E-state index contributed by atoms with van der Waals surface area (Å²) in [6.45, 7) is 5.22. The smallest absolute Gasteiger partial charge is 0.317 e. The topological polar surface area (TPSA) is 73.2 Å². The number of aromatic nitrogens is 2. The molecule has 0 unspecified atom stereocenters. The normalized spacial score (nSPS) is 16.6. The molecule has 1 amide bonds. The zero-order valence-electron chi connectivity index (χ0n) is 16.7. The fourth-order valence-corrected chi connectivity index (χ4v) is 3.86. The van der Waals surface area contributed by atoms with Crippen LogP contribution in [0.25, 0.3) is 0 Å². The molecule has 1 aliphatic rings. The van der Waals surface area contributed by atoms with Crippen LogP contribution in [-0.2, 0) is 26.8 Å².